The second-order valence-electron chi connectivity index (χ2n) is 3.68. The summed E-state index contributed by atoms with van der Waals surface area (Å²) >= 11 is 0. The Morgan fingerprint density at radius 3 is 2.11 bits per heavy atom. The Labute approximate surface area is 108 Å². The zero-order valence-electron chi connectivity index (χ0n) is 10.5. The summed E-state index contributed by atoms with van der Waals surface area (Å²) in [4.78, 5) is 35.3. The first-order valence-corrected chi connectivity index (χ1v) is 5.28. The van der Waals surface area contributed by atoms with E-state index in [0.717, 1.165) is 0 Å². The van der Waals surface area contributed by atoms with Gasteiger partial charge in [-0.3, -0.25) is 14.9 Å². The molecular formula is C12H11NO6. The van der Waals surface area contributed by atoms with Crippen LogP contribution < -0.4 is 14.8 Å². The molecule has 0 bridgehead atoms. The molecule has 1 aromatic carbocycles. The number of ether oxygens (including phenoxy) is 3. The van der Waals surface area contributed by atoms with Gasteiger partial charge in [-0.1, -0.05) is 0 Å². The van der Waals surface area contributed by atoms with Gasteiger partial charge in [-0.05, 0) is 0 Å². The molecule has 0 spiro atoms. The zero-order chi connectivity index (χ0) is 14.2. The Kier molecular flexibility index (Phi) is 3.12. The number of methoxy groups -OCH3 is 3. The minimum atomic E-state index is -0.763. The maximum absolute atomic E-state index is 11.8. The van der Waals surface area contributed by atoms with E-state index in [2.05, 4.69) is 10.1 Å². The summed E-state index contributed by atoms with van der Waals surface area (Å²) in [6.45, 7) is 0. The number of hydrogen-bond donors (Lipinski definition) is 1. The summed E-state index contributed by atoms with van der Waals surface area (Å²) < 4.78 is 14.7. The number of fused-ring (bicyclic) bond motifs is 1. The van der Waals surface area contributed by atoms with Gasteiger partial charge in [-0.2, -0.15) is 0 Å². The van der Waals surface area contributed by atoms with Crippen LogP contribution in [-0.4, -0.2) is 39.1 Å². The third kappa shape index (κ3) is 1.79. The smallest absolute Gasteiger partial charge is 0.342 e. The van der Waals surface area contributed by atoms with E-state index in [1.54, 1.807) is 0 Å². The molecule has 7 nitrogen and oxygen atoms in total. The molecule has 1 N–H and O–H groups in total. The van der Waals surface area contributed by atoms with E-state index in [0.29, 0.717) is 0 Å². The zero-order valence-corrected chi connectivity index (χ0v) is 10.5. The van der Waals surface area contributed by atoms with E-state index in [9.17, 15) is 14.4 Å². The first-order chi connectivity index (χ1) is 9.04. The number of amides is 2. The highest BCUT2D eigenvalue weighted by Crippen LogP contribution is 2.36. The Bertz CT molecular complexity index is 592. The summed E-state index contributed by atoms with van der Waals surface area (Å²) in [6.07, 6.45) is 0. The SMILES string of the molecule is COC(=O)c1c(OC)cc(OC)c2c1C(=O)NC2=O. The van der Waals surface area contributed by atoms with E-state index in [1.807, 2.05) is 0 Å². The fraction of sp³-hybridized carbons (Fsp3) is 0.250. The van der Waals surface area contributed by atoms with E-state index in [-0.39, 0.29) is 28.2 Å². The van der Waals surface area contributed by atoms with Crippen molar-refractivity contribution >= 4 is 17.8 Å². The quantitative estimate of drug-likeness (QED) is 0.627. The van der Waals surface area contributed by atoms with Crippen molar-refractivity contribution in [1.29, 1.82) is 0 Å². The normalized spacial score (nSPS) is 12.8. The first-order valence-electron chi connectivity index (χ1n) is 5.28. The molecule has 0 aromatic heterocycles. The fourth-order valence-corrected chi connectivity index (χ4v) is 1.94. The van der Waals surface area contributed by atoms with Crippen LogP contribution in [0.15, 0.2) is 6.07 Å². The van der Waals surface area contributed by atoms with Crippen LogP contribution in [0, 0.1) is 0 Å². The predicted molar refractivity (Wildman–Crippen MR) is 62.7 cm³/mol. The summed E-state index contributed by atoms with van der Waals surface area (Å²) in [5.41, 5.74) is -0.175. The third-order valence-electron chi connectivity index (χ3n) is 2.77. The summed E-state index contributed by atoms with van der Waals surface area (Å²) in [5, 5.41) is 2.11. The lowest BCUT2D eigenvalue weighted by Gasteiger charge is -2.12. The van der Waals surface area contributed by atoms with Crippen LogP contribution in [-0.2, 0) is 4.74 Å². The molecule has 0 saturated heterocycles. The molecule has 1 heterocycles. The molecule has 1 aliphatic heterocycles. The molecule has 7 heteroatoms. The highest BCUT2D eigenvalue weighted by molar-refractivity contribution is 6.26. The standard InChI is InChI=1S/C12H11NO6/c1-17-5-4-6(18-2)8(12(16)19-3)9-7(5)10(14)13-11(9)15/h4H,1-3H3,(H,13,14,15). The Balaban J connectivity index is 2.84. The van der Waals surface area contributed by atoms with Crippen molar-refractivity contribution in [3.05, 3.63) is 22.8 Å². The van der Waals surface area contributed by atoms with Crippen molar-refractivity contribution in [1.82, 2.24) is 5.32 Å². The summed E-state index contributed by atoms with van der Waals surface area (Å²) in [6, 6.07) is 1.36. The van der Waals surface area contributed by atoms with Crippen molar-refractivity contribution in [3.8, 4) is 11.5 Å². The maximum atomic E-state index is 11.8. The molecule has 1 aliphatic rings. The molecule has 0 fully saturated rings. The summed E-state index contributed by atoms with van der Waals surface area (Å²) in [5.74, 6) is -1.81. The number of hydrogen-bond acceptors (Lipinski definition) is 6. The molecule has 2 amide bonds. The number of carbonyl (C=O) groups excluding carboxylic acids is 3. The van der Waals surface area contributed by atoms with Gasteiger partial charge in [0.05, 0.1) is 32.5 Å². The largest absolute Gasteiger partial charge is 0.496 e. The third-order valence-corrected chi connectivity index (χ3v) is 2.77. The lowest BCUT2D eigenvalue weighted by molar-refractivity contribution is 0.0592. The number of benzene rings is 1. The minimum absolute atomic E-state index is 0.00806. The van der Waals surface area contributed by atoms with Gasteiger partial charge >= 0.3 is 5.97 Å². The minimum Gasteiger partial charge on any atom is -0.496 e. The monoisotopic (exact) mass is 265 g/mol. The van der Waals surface area contributed by atoms with Crippen LogP contribution in [0.2, 0.25) is 0 Å². The van der Waals surface area contributed by atoms with E-state index in [4.69, 9.17) is 9.47 Å². The van der Waals surface area contributed by atoms with Crippen LogP contribution in [0.3, 0.4) is 0 Å². The highest BCUT2D eigenvalue weighted by atomic mass is 16.5. The van der Waals surface area contributed by atoms with Gasteiger partial charge in [0.15, 0.2) is 0 Å². The number of esters is 1. The van der Waals surface area contributed by atoms with Crippen LogP contribution in [0.25, 0.3) is 0 Å². The lowest BCUT2D eigenvalue weighted by atomic mass is 10.0. The number of imide groups is 1. The van der Waals surface area contributed by atoms with Crippen molar-refractivity contribution in [2.45, 2.75) is 0 Å². The van der Waals surface area contributed by atoms with Crippen molar-refractivity contribution in [2.24, 2.45) is 0 Å². The van der Waals surface area contributed by atoms with E-state index in [1.165, 1.54) is 27.4 Å². The second kappa shape index (κ2) is 4.60. The van der Waals surface area contributed by atoms with Crippen molar-refractivity contribution < 1.29 is 28.6 Å². The van der Waals surface area contributed by atoms with Gasteiger partial charge in [0.25, 0.3) is 11.8 Å². The maximum Gasteiger partial charge on any atom is 0.342 e. The van der Waals surface area contributed by atoms with E-state index < -0.39 is 17.8 Å². The van der Waals surface area contributed by atoms with Gasteiger partial charge in [-0.25, -0.2) is 4.79 Å². The molecule has 19 heavy (non-hydrogen) atoms. The molecule has 0 aliphatic carbocycles. The predicted octanol–water partition coefficient (Wildman–Crippen LogP) is 0.374. The number of carbonyl (C=O) groups is 3. The molecule has 100 valence electrons. The highest BCUT2D eigenvalue weighted by Gasteiger charge is 2.37. The molecule has 1 aromatic rings. The molecule has 0 saturated carbocycles. The molecule has 2 rings (SSSR count). The average Bonchev–Trinajstić information content (AvgIpc) is 2.72. The first kappa shape index (κ1) is 12.9. The number of nitrogens with one attached hydrogen (secondary N) is 1. The fourth-order valence-electron chi connectivity index (χ4n) is 1.94. The van der Waals surface area contributed by atoms with Crippen LogP contribution in [0.4, 0.5) is 0 Å². The lowest BCUT2D eigenvalue weighted by Crippen LogP contribution is -2.21. The molecule has 0 radical (unpaired) electrons. The Hall–Kier alpha value is -2.57. The van der Waals surface area contributed by atoms with Crippen LogP contribution in [0.1, 0.15) is 31.1 Å². The van der Waals surface area contributed by atoms with Gasteiger partial charge < -0.3 is 14.2 Å². The topological polar surface area (TPSA) is 90.9 Å². The Morgan fingerprint density at radius 1 is 1.00 bits per heavy atom. The molecular weight excluding hydrogens is 254 g/mol. The Morgan fingerprint density at radius 2 is 1.58 bits per heavy atom. The van der Waals surface area contributed by atoms with Crippen molar-refractivity contribution in [2.75, 3.05) is 21.3 Å². The van der Waals surface area contributed by atoms with Gasteiger partial charge in [0.1, 0.15) is 17.1 Å². The van der Waals surface area contributed by atoms with Crippen LogP contribution in [0.5, 0.6) is 11.5 Å². The van der Waals surface area contributed by atoms with Gasteiger partial charge in [0, 0.05) is 6.07 Å². The van der Waals surface area contributed by atoms with Crippen molar-refractivity contribution in [3.63, 3.8) is 0 Å². The average molecular weight is 265 g/mol. The molecule has 0 unspecified atom stereocenters. The number of rotatable bonds is 3. The van der Waals surface area contributed by atoms with E-state index >= 15 is 0 Å². The second-order valence-corrected chi connectivity index (χ2v) is 3.68. The van der Waals surface area contributed by atoms with Crippen LogP contribution >= 0.6 is 0 Å². The molecule has 0 atom stereocenters. The summed E-state index contributed by atoms with van der Waals surface area (Å²) in [7, 11) is 3.86. The van der Waals surface area contributed by atoms with Gasteiger partial charge in [0.2, 0.25) is 0 Å². The van der Waals surface area contributed by atoms with Gasteiger partial charge in [-0.15, -0.1) is 0 Å².